The topological polar surface area (TPSA) is 183 Å². The summed E-state index contributed by atoms with van der Waals surface area (Å²) in [6.45, 7) is 0. The summed E-state index contributed by atoms with van der Waals surface area (Å²) in [5, 5.41) is 29.1. The molecule has 230 valence electrons. The molecule has 2 amide bonds. The molecule has 2 N–H and O–H groups in total. The number of hydrazone groups is 1. The molecule has 4 aromatic carbocycles. The number of non-ortho nitro benzene ring substituents is 2. The summed E-state index contributed by atoms with van der Waals surface area (Å²) < 4.78 is 6.66. The fourth-order valence-electron chi connectivity index (χ4n) is 4.03. The van der Waals surface area contributed by atoms with Crippen LogP contribution in [0.25, 0.3) is 10.1 Å². The molecule has 0 saturated heterocycles. The van der Waals surface area contributed by atoms with Gasteiger partial charge in [0.05, 0.1) is 21.1 Å². The number of halogens is 2. The Morgan fingerprint density at radius 3 is 2.15 bits per heavy atom. The Balaban J connectivity index is 1.23. The second-order valence-corrected chi connectivity index (χ2v) is 11.6. The predicted molar refractivity (Wildman–Crippen MR) is 175 cm³/mol. The van der Waals surface area contributed by atoms with Crippen LogP contribution in [0.4, 0.5) is 17.1 Å². The van der Waals surface area contributed by atoms with Gasteiger partial charge in [-0.1, -0.05) is 27.5 Å². The smallest absolute Gasteiger partial charge is 0.355 e. The molecule has 0 aliphatic heterocycles. The van der Waals surface area contributed by atoms with Crippen molar-refractivity contribution >= 4 is 90.0 Å². The number of thiophene rings is 1. The highest BCUT2D eigenvalue weighted by Crippen LogP contribution is 2.38. The van der Waals surface area contributed by atoms with Crippen LogP contribution in [-0.2, 0) is 0 Å². The third kappa shape index (κ3) is 7.23. The SMILES string of the molecule is O=C(N/N=C\c1cc(Br)ccc1OC(=O)c1sc2cc([N+](=O)[O-])ccc2c1Cl)c1ccc(NC(=O)c2ccc([N+](=O)[O-])cc2)cc1. The van der Waals surface area contributed by atoms with Crippen LogP contribution in [0, 0.1) is 20.2 Å². The van der Waals surface area contributed by atoms with Crippen molar-refractivity contribution in [1.29, 1.82) is 0 Å². The fraction of sp³-hybridized carbons (Fsp3) is 0. The lowest BCUT2D eigenvalue weighted by molar-refractivity contribution is -0.385. The number of fused-ring (bicyclic) bond motifs is 1. The summed E-state index contributed by atoms with van der Waals surface area (Å²) in [5.41, 5.74) is 3.27. The molecule has 0 saturated carbocycles. The van der Waals surface area contributed by atoms with Crippen molar-refractivity contribution < 1.29 is 29.0 Å². The van der Waals surface area contributed by atoms with Crippen LogP contribution in [0.1, 0.15) is 36.0 Å². The van der Waals surface area contributed by atoms with Gasteiger partial charge in [-0.05, 0) is 60.7 Å². The maximum atomic E-state index is 13.0. The number of nitro groups is 2. The molecule has 0 aliphatic carbocycles. The monoisotopic (exact) mass is 721 g/mol. The number of ether oxygens (including phenoxy) is 1. The van der Waals surface area contributed by atoms with Crippen LogP contribution in [0.15, 0.2) is 94.5 Å². The number of hydrogen-bond donors (Lipinski definition) is 2. The van der Waals surface area contributed by atoms with Crippen molar-refractivity contribution in [3.8, 4) is 5.75 Å². The summed E-state index contributed by atoms with van der Waals surface area (Å²) >= 11 is 10.7. The number of carbonyl (C=O) groups is 3. The molecule has 5 rings (SSSR count). The minimum atomic E-state index is -0.782. The lowest BCUT2D eigenvalue weighted by Gasteiger charge is -2.08. The summed E-state index contributed by atoms with van der Waals surface area (Å²) in [4.78, 5) is 59.0. The molecule has 1 heterocycles. The number of nitrogens with one attached hydrogen (secondary N) is 2. The average Bonchev–Trinajstić information content (AvgIpc) is 3.38. The van der Waals surface area contributed by atoms with Crippen molar-refractivity contribution in [2.45, 2.75) is 0 Å². The van der Waals surface area contributed by atoms with Gasteiger partial charge in [0.2, 0.25) is 0 Å². The van der Waals surface area contributed by atoms with E-state index in [0.29, 0.717) is 25.8 Å². The van der Waals surface area contributed by atoms with Crippen LogP contribution >= 0.6 is 38.9 Å². The van der Waals surface area contributed by atoms with E-state index in [-0.39, 0.29) is 38.2 Å². The molecule has 46 heavy (non-hydrogen) atoms. The van der Waals surface area contributed by atoms with Crippen LogP contribution in [0.3, 0.4) is 0 Å². The maximum absolute atomic E-state index is 13.0. The Hall–Kier alpha value is -5.51. The lowest BCUT2D eigenvalue weighted by atomic mass is 10.1. The van der Waals surface area contributed by atoms with E-state index in [1.807, 2.05) is 0 Å². The number of rotatable bonds is 9. The summed E-state index contributed by atoms with van der Waals surface area (Å²) in [6, 6.07) is 19.9. The van der Waals surface area contributed by atoms with E-state index in [2.05, 4.69) is 31.8 Å². The Labute approximate surface area is 275 Å². The molecule has 13 nitrogen and oxygen atoms in total. The highest BCUT2D eigenvalue weighted by molar-refractivity contribution is 9.10. The zero-order valence-electron chi connectivity index (χ0n) is 22.9. The van der Waals surface area contributed by atoms with Gasteiger partial charge in [-0.3, -0.25) is 29.8 Å². The van der Waals surface area contributed by atoms with Gasteiger partial charge in [-0.15, -0.1) is 11.3 Å². The number of benzene rings is 4. The summed E-state index contributed by atoms with van der Waals surface area (Å²) in [5.74, 6) is -1.72. The largest absolute Gasteiger partial charge is 0.422 e. The molecule has 1 aromatic heterocycles. The minimum Gasteiger partial charge on any atom is -0.422 e. The fourth-order valence-corrected chi connectivity index (χ4v) is 5.82. The van der Waals surface area contributed by atoms with Crippen molar-refractivity contribution in [2.24, 2.45) is 5.10 Å². The molecule has 0 fully saturated rings. The van der Waals surface area contributed by atoms with Crippen molar-refractivity contribution in [3.05, 3.63) is 136 Å². The van der Waals surface area contributed by atoms with E-state index < -0.39 is 27.6 Å². The molecule has 0 atom stereocenters. The highest BCUT2D eigenvalue weighted by Gasteiger charge is 2.22. The second kappa shape index (κ2) is 13.6. The first-order valence-corrected chi connectivity index (χ1v) is 14.9. The van der Waals surface area contributed by atoms with Gasteiger partial charge in [-0.25, -0.2) is 10.2 Å². The first kappa shape index (κ1) is 31.9. The van der Waals surface area contributed by atoms with Gasteiger partial charge in [0.25, 0.3) is 23.2 Å². The standard InChI is InChI=1S/C30H17BrClN5O8S/c31-19-5-12-24(45-30(40)27-26(32)23-11-10-22(37(43)44)14-25(23)46-27)18(13-19)15-33-35-29(39)17-1-6-20(7-2-17)34-28(38)16-3-8-21(9-4-16)36(41)42/h1-15H,(H,34,38)(H,35,39)/b33-15-. The van der Waals surface area contributed by atoms with Crippen LogP contribution < -0.4 is 15.5 Å². The number of amides is 2. The average molecular weight is 723 g/mol. The molecule has 16 heteroatoms. The lowest BCUT2D eigenvalue weighted by Crippen LogP contribution is -2.18. The quantitative estimate of drug-likeness (QED) is 0.0519. The van der Waals surface area contributed by atoms with E-state index in [0.717, 1.165) is 11.3 Å². The van der Waals surface area contributed by atoms with Gasteiger partial charge in [-0.2, -0.15) is 5.10 Å². The third-order valence-corrected chi connectivity index (χ3v) is 8.43. The maximum Gasteiger partial charge on any atom is 0.355 e. The zero-order chi connectivity index (χ0) is 33.0. The van der Waals surface area contributed by atoms with Crippen molar-refractivity contribution in [3.63, 3.8) is 0 Å². The Kier molecular flexibility index (Phi) is 9.46. The number of carbonyl (C=O) groups excluding carboxylic acids is 3. The second-order valence-electron chi connectivity index (χ2n) is 9.29. The van der Waals surface area contributed by atoms with E-state index in [1.54, 1.807) is 12.1 Å². The molecule has 0 unspecified atom stereocenters. The molecule has 0 radical (unpaired) electrons. The van der Waals surface area contributed by atoms with Crippen molar-refractivity contribution in [1.82, 2.24) is 5.43 Å². The first-order chi connectivity index (χ1) is 22.0. The highest BCUT2D eigenvalue weighted by atomic mass is 79.9. The Morgan fingerprint density at radius 1 is 0.848 bits per heavy atom. The molecular weight excluding hydrogens is 706 g/mol. The molecule has 0 bridgehead atoms. The Morgan fingerprint density at radius 2 is 1.48 bits per heavy atom. The van der Waals surface area contributed by atoms with Crippen LogP contribution in [-0.4, -0.2) is 33.8 Å². The van der Waals surface area contributed by atoms with Crippen LogP contribution in [0.2, 0.25) is 5.02 Å². The zero-order valence-corrected chi connectivity index (χ0v) is 26.1. The van der Waals surface area contributed by atoms with Crippen molar-refractivity contribution in [2.75, 3.05) is 5.32 Å². The summed E-state index contributed by atoms with van der Waals surface area (Å²) in [6.07, 6.45) is 1.28. The Bertz CT molecular complexity index is 2070. The van der Waals surface area contributed by atoms with Gasteiger partial charge >= 0.3 is 5.97 Å². The number of esters is 1. The summed E-state index contributed by atoms with van der Waals surface area (Å²) in [7, 11) is 0. The number of nitro benzene ring substituents is 2. The van der Waals surface area contributed by atoms with Gasteiger partial charge in [0.1, 0.15) is 10.6 Å². The molecule has 0 spiro atoms. The van der Waals surface area contributed by atoms with E-state index >= 15 is 0 Å². The van der Waals surface area contributed by atoms with Crippen LogP contribution in [0.5, 0.6) is 5.75 Å². The third-order valence-electron chi connectivity index (χ3n) is 6.30. The first-order valence-electron chi connectivity index (χ1n) is 12.9. The predicted octanol–water partition coefficient (Wildman–Crippen LogP) is 7.37. The molecular formula is C30H17BrClN5O8S. The number of nitrogens with zero attached hydrogens (tertiary/aromatic N) is 3. The van der Waals surface area contributed by atoms with E-state index in [4.69, 9.17) is 16.3 Å². The minimum absolute atomic E-state index is 0.0589. The van der Waals surface area contributed by atoms with E-state index in [9.17, 15) is 34.6 Å². The molecule has 0 aliphatic rings. The van der Waals surface area contributed by atoms with Gasteiger partial charge in [0, 0.05) is 61.2 Å². The van der Waals surface area contributed by atoms with E-state index in [1.165, 1.54) is 79.0 Å². The van der Waals surface area contributed by atoms with Gasteiger partial charge < -0.3 is 10.1 Å². The molecule has 5 aromatic rings. The normalized spacial score (nSPS) is 10.9. The van der Waals surface area contributed by atoms with Gasteiger partial charge in [0.15, 0.2) is 0 Å². The number of anilines is 1. The number of hydrogen-bond acceptors (Lipinski definition) is 10.